The van der Waals surface area contributed by atoms with Gasteiger partial charge in [-0.1, -0.05) is 12.1 Å². The quantitative estimate of drug-likeness (QED) is 0.689. The molecule has 1 aliphatic rings. The van der Waals surface area contributed by atoms with E-state index in [1.807, 2.05) is 12.1 Å². The zero-order chi connectivity index (χ0) is 19.2. The van der Waals surface area contributed by atoms with Gasteiger partial charge in [0.1, 0.15) is 0 Å². The molecule has 1 saturated heterocycles. The number of aromatic nitrogens is 1. The molecule has 3 rings (SSSR count). The van der Waals surface area contributed by atoms with Gasteiger partial charge in [-0.3, -0.25) is 4.79 Å². The molecule has 3 N–H and O–H groups in total. The first-order chi connectivity index (χ1) is 13.1. The fraction of sp³-hybridized carbons (Fsp3) is 0.421. The van der Waals surface area contributed by atoms with E-state index in [9.17, 15) is 9.59 Å². The highest BCUT2D eigenvalue weighted by molar-refractivity contribution is 7.15. The molecular weight excluding hydrogens is 402 g/mol. The molecule has 2 heterocycles. The minimum Gasteiger partial charge on any atom is -0.465 e. The van der Waals surface area contributed by atoms with E-state index in [1.54, 1.807) is 18.3 Å². The number of carbonyl (C=O) groups excluding carboxylic acids is 2. The maximum absolute atomic E-state index is 12.4. The van der Waals surface area contributed by atoms with Crippen LogP contribution in [-0.4, -0.2) is 43.2 Å². The number of ether oxygens (including phenoxy) is 2. The van der Waals surface area contributed by atoms with Crippen molar-refractivity contribution in [2.45, 2.75) is 25.3 Å². The smallest absolute Gasteiger partial charge is 0.337 e. The van der Waals surface area contributed by atoms with Crippen LogP contribution in [0.4, 0.5) is 5.13 Å². The van der Waals surface area contributed by atoms with E-state index in [0.717, 1.165) is 23.3 Å². The summed E-state index contributed by atoms with van der Waals surface area (Å²) in [6.45, 7) is 1.30. The fourth-order valence-electron chi connectivity index (χ4n) is 3.05. The lowest BCUT2D eigenvalue weighted by atomic mass is 9.92. The summed E-state index contributed by atoms with van der Waals surface area (Å²) < 4.78 is 10.1. The Kier molecular flexibility index (Phi) is 8.37. The second-order valence-corrected chi connectivity index (χ2v) is 7.58. The Balaban J connectivity index is 0.00000280. The largest absolute Gasteiger partial charge is 0.465 e. The molecule has 1 amide bonds. The van der Waals surface area contributed by atoms with Crippen molar-refractivity contribution in [3.63, 3.8) is 0 Å². The van der Waals surface area contributed by atoms with Crippen molar-refractivity contribution in [3.8, 4) is 0 Å². The average molecular weight is 426 g/mol. The number of anilines is 1. The lowest BCUT2D eigenvalue weighted by Gasteiger charge is -2.26. The standard InChI is InChI=1S/C19H23N3O4S.ClH/c1-25-18(24)14-4-2-3-12(9-14)10-15-11-21-19(27-15)22-17(23)16(20)13-5-7-26-8-6-13;/h2-4,9,11,13,16H,5-8,10,20H2,1H3,(H,21,22,23);1H. The average Bonchev–Trinajstić information content (AvgIpc) is 3.14. The molecule has 0 saturated carbocycles. The number of carbonyl (C=O) groups is 2. The van der Waals surface area contributed by atoms with Crippen LogP contribution in [-0.2, 0) is 20.7 Å². The van der Waals surface area contributed by atoms with Gasteiger partial charge in [0.05, 0.1) is 18.7 Å². The molecule has 0 spiro atoms. The molecule has 1 aromatic heterocycles. The Morgan fingerprint density at radius 1 is 1.39 bits per heavy atom. The van der Waals surface area contributed by atoms with Crippen LogP contribution >= 0.6 is 23.7 Å². The van der Waals surface area contributed by atoms with Crippen LogP contribution in [0.15, 0.2) is 30.5 Å². The van der Waals surface area contributed by atoms with Crippen molar-refractivity contribution in [3.05, 3.63) is 46.5 Å². The summed E-state index contributed by atoms with van der Waals surface area (Å²) in [5.74, 6) is -0.439. The molecule has 1 fully saturated rings. The van der Waals surface area contributed by atoms with Crippen molar-refractivity contribution in [1.82, 2.24) is 4.98 Å². The molecule has 28 heavy (non-hydrogen) atoms. The van der Waals surface area contributed by atoms with Gasteiger partial charge in [0.2, 0.25) is 5.91 Å². The summed E-state index contributed by atoms with van der Waals surface area (Å²) in [6, 6.07) is 6.71. The number of methoxy groups -OCH3 is 1. The summed E-state index contributed by atoms with van der Waals surface area (Å²) in [6.07, 6.45) is 3.94. The molecule has 0 aliphatic carbocycles. The molecule has 7 nitrogen and oxygen atoms in total. The maximum Gasteiger partial charge on any atom is 0.337 e. The predicted molar refractivity (Wildman–Crippen MR) is 110 cm³/mol. The van der Waals surface area contributed by atoms with Crippen molar-refractivity contribution in [1.29, 1.82) is 0 Å². The number of nitrogens with one attached hydrogen (secondary N) is 1. The highest BCUT2D eigenvalue weighted by Crippen LogP contribution is 2.23. The Bertz CT molecular complexity index is 808. The number of amides is 1. The van der Waals surface area contributed by atoms with E-state index in [-0.39, 0.29) is 30.2 Å². The van der Waals surface area contributed by atoms with Crippen LogP contribution in [0.2, 0.25) is 0 Å². The molecule has 2 aromatic rings. The van der Waals surface area contributed by atoms with Gasteiger partial charge in [0, 0.05) is 30.7 Å². The van der Waals surface area contributed by atoms with Crippen LogP contribution < -0.4 is 11.1 Å². The molecular formula is C19H24ClN3O4S. The molecule has 152 valence electrons. The molecule has 1 atom stereocenters. The number of thiazole rings is 1. The number of hydrogen-bond acceptors (Lipinski definition) is 7. The number of esters is 1. The van der Waals surface area contributed by atoms with E-state index in [1.165, 1.54) is 18.4 Å². The van der Waals surface area contributed by atoms with Gasteiger partial charge in [-0.25, -0.2) is 9.78 Å². The monoisotopic (exact) mass is 425 g/mol. The molecule has 0 radical (unpaired) electrons. The van der Waals surface area contributed by atoms with Gasteiger partial charge in [-0.15, -0.1) is 23.7 Å². The minimum absolute atomic E-state index is 0. The van der Waals surface area contributed by atoms with Crippen LogP contribution in [0, 0.1) is 5.92 Å². The van der Waals surface area contributed by atoms with Crippen LogP contribution in [0.1, 0.15) is 33.6 Å². The van der Waals surface area contributed by atoms with Gasteiger partial charge in [0.15, 0.2) is 5.13 Å². The first-order valence-corrected chi connectivity index (χ1v) is 9.64. The van der Waals surface area contributed by atoms with Gasteiger partial charge in [0.25, 0.3) is 0 Å². The SMILES string of the molecule is COC(=O)c1cccc(Cc2cnc(NC(=O)C(N)C3CCOCC3)s2)c1.Cl. The topological polar surface area (TPSA) is 104 Å². The van der Waals surface area contributed by atoms with Crippen molar-refractivity contribution in [2.75, 3.05) is 25.6 Å². The number of nitrogens with zero attached hydrogens (tertiary/aromatic N) is 1. The maximum atomic E-state index is 12.4. The van der Waals surface area contributed by atoms with Gasteiger partial charge < -0.3 is 20.5 Å². The third-order valence-corrected chi connectivity index (χ3v) is 5.50. The number of halogens is 1. The van der Waals surface area contributed by atoms with Gasteiger partial charge >= 0.3 is 5.97 Å². The molecule has 1 unspecified atom stereocenters. The molecule has 1 aromatic carbocycles. The second-order valence-electron chi connectivity index (χ2n) is 6.47. The predicted octanol–water partition coefficient (Wildman–Crippen LogP) is 2.63. The molecule has 9 heteroatoms. The summed E-state index contributed by atoms with van der Waals surface area (Å²) in [7, 11) is 1.36. The third-order valence-electron chi connectivity index (χ3n) is 4.59. The van der Waals surface area contributed by atoms with Crippen molar-refractivity contribution in [2.24, 2.45) is 11.7 Å². The van der Waals surface area contributed by atoms with E-state index >= 15 is 0 Å². The van der Waals surface area contributed by atoms with Crippen LogP contribution in [0.3, 0.4) is 0 Å². The van der Waals surface area contributed by atoms with Crippen LogP contribution in [0.5, 0.6) is 0 Å². The second kappa shape index (κ2) is 10.5. The first-order valence-electron chi connectivity index (χ1n) is 8.83. The first kappa shape index (κ1) is 22.3. The summed E-state index contributed by atoms with van der Waals surface area (Å²) in [5, 5.41) is 3.34. The van der Waals surface area contributed by atoms with E-state index in [0.29, 0.717) is 30.3 Å². The number of hydrogen-bond donors (Lipinski definition) is 2. The number of benzene rings is 1. The lowest BCUT2D eigenvalue weighted by molar-refractivity contribution is -0.119. The number of nitrogens with two attached hydrogens (primary N) is 1. The number of rotatable bonds is 6. The fourth-order valence-corrected chi connectivity index (χ4v) is 3.90. The van der Waals surface area contributed by atoms with Gasteiger partial charge in [-0.2, -0.15) is 0 Å². The Morgan fingerprint density at radius 2 is 2.14 bits per heavy atom. The van der Waals surface area contributed by atoms with Crippen molar-refractivity contribution < 1.29 is 19.1 Å². The highest BCUT2D eigenvalue weighted by Gasteiger charge is 2.27. The van der Waals surface area contributed by atoms with E-state index in [2.05, 4.69) is 10.3 Å². The lowest BCUT2D eigenvalue weighted by Crippen LogP contribution is -2.43. The zero-order valence-electron chi connectivity index (χ0n) is 15.6. The Morgan fingerprint density at radius 3 is 2.86 bits per heavy atom. The summed E-state index contributed by atoms with van der Waals surface area (Å²) in [4.78, 5) is 29.3. The highest BCUT2D eigenvalue weighted by atomic mass is 35.5. The Labute approximate surface area is 174 Å². The van der Waals surface area contributed by atoms with Crippen molar-refractivity contribution >= 4 is 40.8 Å². The summed E-state index contributed by atoms with van der Waals surface area (Å²) in [5.41, 5.74) is 7.57. The van der Waals surface area contributed by atoms with Crippen LogP contribution in [0.25, 0.3) is 0 Å². The zero-order valence-corrected chi connectivity index (χ0v) is 17.2. The summed E-state index contributed by atoms with van der Waals surface area (Å²) >= 11 is 1.40. The normalized spacial score (nSPS) is 15.4. The Hall–Kier alpha value is -2.00. The minimum atomic E-state index is -0.557. The van der Waals surface area contributed by atoms with E-state index in [4.69, 9.17) is 15.2 Å². The molecule has 1 aliphatic heterocycles. The third kappa shape index (κ3) is 5.75. The molecule has 0 bridgehead atoms. The van der Waals surface area contributed by atoms with Gasteiger partial charge in [-0.05, 0) is 36.5 Å². The van der Waals surface area contributed by atoms with E-state index < -0.39 is 6.04 Å².